The lowest BCUT2D eigenvalue weighted by Gasteiger charge is -2.15. The number of nitrogen functional groups attached to an aromatic ring is 1. The van der Waals surface area contributed by atoms with Crippen molar-refractivity contribution in [1.82, 2.24) is 19.9 Å². The van der Waals surface area contributed by atoms with Gasteiger partial charge in [0.1, 0.15) is 5.82 Å². The fourth-order valence-corrected chi connectivity index (χ4v) is 3.71. The van der Waals surface area contributed by atoms with Gasteiger partial charge < -0.3 is 16.2 Å². The molecule has 0 aliphatic rings. The van der Waals surface area contributed by atoms with Crippen LogP contribution in [-0.4, -0.2) is 32.2 Å². The minimum Gasteiger partial charge on any atom is -0.388 e. The Balaban J connectivity index is 1.46. The third kappa shape index (κ3) is 5.09. The molecule has 0 saturated carbocycles. The Kier molecular flexibility index (Phi) is 6.44. The monoisotopic (exact) mass is 487 g/mol. The van der Waals surface area contributed by atoms with Gasteiger partial charge in [-0.25, -0.2) is 8.91 Å². The molecule has 0 spiro atoms. The molecule has 1 amide bonds. The molecule has 4 N–H and O–H groups in total. The van der Waals surface area contributed by atoms with Gasteiger partial charge in [-0.05, 0) is 54.3 Å². The van der Waals surface area contributed by atoms with Crippen LogP contribution in [0.1, 0.15) is 39.6 Å². The van der Waals surface area contributed by atoms with Gasteiger partial charge in [-0.15, -0.1) is 5.10 Å². The second kappa shape index (κ2) is 9.34. The Morgan fingerprint density at radius 2 is 1.89 bits per heavy atom. The second-order valence-electron chi connectivity index (χ2n) is 7.99. The molecule has 0 fully saturated rings. The zero-order valence-corrected chi connectivity index (χ0v) is 18.5. The average Bonchev–Trinajstić information content (AvgIpc) is 3.18. The Bertz CT molecular complexity index is 1380. The number of alkyl halides is 3. The van der Waals surface area contributed by atoms with Gasteiger partial charge >= 0.3 is 6.18 Å². The van der Waals surface area contributed by atoms with Crippen molar-refractivity contribution in [2.45, 2.75) is 25.6 Å². The lowest BCUT2D eigenvalue weighted by atomic mass is 9.98. The van der Waals surface area contributed by atoms with E-state index >= 15 is 4.39 Å². The number of aliphatic hydroxyl groups excluding tert-OH is 1. The van der Waals surface area contributed by atoms with E-state index in [-0.39, 0.29) is 35.6 Å². The minimum atomic E-state index is -4.47. The number of benzene rings is 2. The number of aryl methyl sites for hydroxylation is 1. The van der Waals surface area contributed by atoms with Crippen LogP contribution in [0.4, 0.5) is 23.5 Å². The number of hydrogen-bond donors (Lipinski definition) is 3. The molecule has 1 unspecified atom stereocenters. The predicted octanol–water partition coefficient (Wildman–Crippen LogP) is 4.30. The first-order chi connectivity index (χ1) is 16.5. The summed E-state index contributed by atoms with van der Waals surface area (Å²) >= 11 is 0. The summed E-state index contributed by atoms with van der Waals surface area (Å²) in [6, 6.07) is 10.5. The van der Waals surface area contributed by atoms with Crippen LogP contribution in [0.5, 0.6) is 0 Å². The number of nitrogens with two attached hydrogens (primary N) is 1. The largest absolute Gasteiger partial charge is 0.416 e. The number of hydrogen-bond acceptors (Lipinski definition) is 5. The first-order valence-corrected chi connectivity index (χ1v) is 10.6. The van der Waals surface area contributed by atoms with Crippen LogP contribution in [0.2, 0.25) is 0 Å². The molecule has 0 aliphatic heterocycles. The van der Waals surface area contributed by atoms with Gasteiger partial charge in [0, 0.05) is 18.3 Å². The van der Waals surface area contributed by atoms with Crippen LogP contribution in [0.3, 0.4) is 0 Å². The summed E-state index contributed by atoms with van der Waals surface area (Å²) in [6.07, 6.45) is -3.96. The molecular weight excluding hydrogens is 466 g/mol. The van der Waals surface area contributed by atoms with Gasteiger partial charge in [-0.2, -0.15) is 18.2 Å². The van der Waals surface area contributed by atoms with Crippen molar-refractivity contribution in [2.75, 3.05) is 12.3 Å². The van der Waals surface area contributed by atoms with E-state index in [0.717, 1.165) is 12.1 Å². The number of nitrogens with zero attached hydrogens (tertiary/aromatic N) is 3. The van der Waals surface area contributed by atoms with Crippen molar-refractivity contribution < 1.29 is 27.5 Å². The number of amides is 1. The highest BCUT2D eigenvalue weighted by Gasteiger charge is 2.30. The highest BCUT2D eigenvalue weighted by atomic mass is 19.4. The molecule has 11 heteroatoms. The van der Waals surface area contributed by atoms with Crippen LogP contribution in [0.15, 0.2) is 54.7 Å². The van der Waals surface area contributed by atoms with Gasteiger partial charge in [0.15, 0.2) is 5.65 Å². The first kappa shape index (κ1) is 24.1. The van der Waals surface area contributed by atoms with Gasteiger partial charge in [0.25, 0.3) is 5.91 Å². The predicted molar refractivity (Wildman–Crippen MR) is 121 cm³/mol. The van der Waals surface area contributed by atoms with Gasteiger partial charge in [0.05, 0.1) is 17.2 Å². The number of nitrogens with one attached hydrogen (secondary N) is 1. The van der Waals surface area contributed by atoms with E-state index in [1.54, 1.807) is 37.4 Å². The average molecular weight is 487 g/mol. The zero-order valence-electron chi connectivity index (χ0n) is 18.5. The number of aliphatic hydroxyl groups is 1. The van der Waals surface area contributed by atoms with Crippen molar-refractivity contribution in [3.05, 3.63) is 82.8 Å². The van der Waals surface area contributed by atoms with Crippen LogP contribution >= 0.6 is 0 Å². The maximum Gasteiger partial charge on any atom is 0.416 e. The summed E-state index contributed by atoms with van der Waals surface area (Å²) in [6.45, 7) is 1.58. The molecule has 182 valence electrons. The molecule has 4 rings (SSSR count). The number of carbonyl (C=O) groups excluding carboxylic acids is 1. The number of halogens is 4. The molecule has 4 aromatic rings. The first-order valence-electron chi connectivity index (χ1n) is 10.6. The third-order valence-corrected chi connectivity index (χ3v) is 5.57. The Labute approximate surface area is 197 Å². The van der Waals surface area contributed by atoms with Crippen LogP contribution in [-0.2, 0) is 6.18 Å². The summed E-state index contributed by atoms with van der Waals surface area (Å²) < 4.78 is 54.9. The van der Waals surface area contributed by atoms with E-state index in [2.05, 4.69) is 15.4 Å². The third-order valence-electron chi connectivity index (χ3n) is 5.57. The Hall–Kier alpha value is -3.99. The maximum absolute atomic E-state index is 15.4. The van der Waals surface area contributed by atoms with Gasteiger partial charge in [0.2, 0.25) is 5.95 Å². The lowest BCUT2D eigenvalue weighted by Crippen LogP contribution is -2.27. The summed E-state index contributed by atoms with van der Waals surface area (Å²) in [5.41, 5.74) is 6.41. The smallest absolute Gasteiger partial charge is 0.388 e. The summed E-state index contributed by atoms with van der Waals surface area (Å²) in [5.74, 6) is -1.32. The van der Waals surface area contributed by atoms with E-state index in [1.165, 1.54) is 16.6 Å². The van der Waals surface area contributed by atoms with E-state index < -0.39 is 29.6 Å². The number of anilines is 1. The molecule has 0 aliphatic carbocycles. The van der Waals surface area contributed by atoms with Crippen molar-refractivity contribution in [3.8, 4) is 11.1 Å². The fraction of sp³-hybridized carbons (Fsp3) is 0.208. The Morgan fingerprint density at radius 3 is 2.57 bits per heavy atom. The van der Waals surface area contributed by atoms with Crippen molar-refractivity contribution >= 4 is 17.5 Å². The molecular formula is C24H21F4N5O2. The zero-order chi connectivity index (χ0) is 25.3. The highest BCUT2D eigenvalue weighted by Crippen LogP contribution is 2.31. The molecule has 2 heterocycles. The van der Waals surface area contributed by atoms with E-state index in [9.17, 15) is 23.1 Å². The van der Waals surface area contributed by atoms with Crippen LogP contribution in [0.25, 0.3) is 16.8 Å². The SMILES string of the molecule is Cc1ccc(-c2ccn3nc(N)nc3c2)c(F)c1C(=O)NCCC(O)c1ccc(C(F)(F)F)cc1. The molecule has 7 nitrogen and oxygen atoms in total. The van der Waals surface area contributed by atoms with Crippen LogP contribution < -0.4 is 11.1 Å². The van der Waals surface area contributed by atoms with E-state index in [1.807, 2.05) is 0 Å². The highest BCUT2D eigenvalue weighted by molar-refractivity contribution is 5.97. The van der Waals surface area contributed by atoms with Crippen molar-refractivity contribution in [1.29, 1.82) is 0 Å². The Morgan fingerprint density at radius 1 is 1.17 bits per heavy atom. The molecule has 2 aromatic heterocycles. The quantitative estimate of drug-likeness (QED) is 0.352. The summed E-state index contributed by atoms with van der Waals surface area (Å²) in [4.78, 5) is 16.8. The maximum atomic E-state index is 15.4. The molecule has 2 aromatic carbocycles. The molecule has 0 radical (unpaired) electrons. The number of fused-ring (bicyclic) bond motifs is 1. The van der Waals surface area contributed by atoms with Crippen molar-refractivity contribution in [3.63, 3.8) is 0 Å². The standard InChI is InChI=1S/C24H21F4N5O2/c1-13-2-7-17(15-9-11-33-19(12-15)31-23(29)32-33)21(25)20(13)22(35)30-10-8-18(34)14-3-5-16(6-4-14)24(26,27)28/h2-7,9,11-12,18,34H,8,10H2,1H3,(H2,29,32)(H,30,35). The molecule has 0 bridgehead atoms. The second-order valence-corrected chi connectivity index (χ2v) is 7.99. The number of pyridine rings is 1. The normalized spacial score (nSPS) is 12.6. The lowest BCUT2D eigenvalue weighted by molar-refractivity contribution is -0.137. The number of aromatic nitrogens is 3. The number of carbonyl (C=O) groups is 1. The van der Waals surface area contributed by atoms with E-state index in [4.69, 9.17) is 5.73 Å². The fourth-order valence-electron chi connectivity index (χ4n) is 3.71. The van der Waals surface area contributed by atoms with Gasteiger partial charge in [-0.1, -0.05) is 24.3 Å². The summed E-state index contributed by atoms with van der Waals surface area (Å²) in [7, 11) is 0. The van der Waals surface area contributed by atoms with Gasteiger partial charge in [-0.3, -0.25) is 4.79 Å². The topological polar surface area (TPSA) is 106 Å². The minimum absolute atomic E-state index is 0.0187. The molecule has 35 heavy (non-hydrogen) atoms. The van der Waals surface area contributed by atoms with Crippen molar-refractivity contribution in [2.24, 2.45) is 0 Å². The number of rotatable bonds is 6. The van der Waals surface area contributed by atoms with E-state index in [0.29, 0.717) is 16.8 Å². The van der Waals surface area contributed by atoms with Crippen LogP contribution in [0, 0.1) is 12.7 Å². The molecule has 0 saturated heterocycles. The molecule has 1 atom stereocenters. The summed E-state index contributed by atoms with van der Waals surface area (Å²) in [5, 5.41) is 16.8.